The van der Waals surface area contributed by atoms with E-state index in [0.29, 0.717) is 4.88 Å². The lowest BCUT2D eigenvalue weighted by Crippen LogP contribution is -2.18. The Labute approximate surface area is 117 Å². The zero-order valence-corrected chi connectivity index (χ0v) is 11.8. The van der Waals surface area contributed by atoms with Crippen molar-refractivity contribution >= 4 is 23.0 Å². The molecule has 0 aliphatic heterocycles. The first-order chi connectivity index (χ1) is 9.20. The van der Waals surface area contributed by atoms with Crippen molar-refractivity contribution in [1.29, 1.82) is 0 Å². The van der Waals surface area contributed by atoms with E-state index in [4.69, 9.17) is 0 Å². The molecule has 1 N–H and O–H groups in total. The van der Waals surface area contributed by atoms with E-state index in [9.17, 15) is 4.79 Å². The highest BCUT2D eigenvalue weighted by Crippen LogP contribution is 2.08. The molecule has 2 rings (SSSR count). The number of hydrogen-bond donors (Lipinski definition) is 1. The molecule has 19 heavy (non-hydrogen) atoms. The van der Waals surface area contributed by atoms with Gasteiger partial charge in [-0.1, -0.05) is 37.3 Å². The first-order valence-corrected chi connectivity index (χ1v) is 7.06. The molecule has 0 atom stereocenters. The van der Waals surface area contributed by atoms with E-state index in [1.807, 2.05) is 30.5 Å². The summed E-state index contributed by atoms with van der Waals surface area (Å²) in [5.74, 6) is -0.167. The largest absolute Gasteiger partial charge is 0.281 e. The number of hydrogen-bond acceptors (Lipinski definition) is 3. The molecule has 98 valence electrons. The third-order valence-electron chi connectivity index (χ3n) is 2.85. The second-order valence-electron chi connectivity index (χ2n) is 4.17. The topological polar surface area (TPSA) is 41.5 Å². The number of carbonyl (C=O) groups excluding carboxylic acids is 1. The van der Waals surface area contributed by atoms with E-state index in [2.05, 4.69) is 29.6 Å². The molecule has 0 saturated carbocycles. The zero-order chi connectivity index (χ0) is 13.7. The number of benzene rings is 1. The van der Waals surface area contributed by atoms with Crippen LogP contribution in [0.5, 0.6) is 0 Å². The Balaban J connectivity index is 2.04. The van der Waals surface area contributed by atoms with Crippen molar-refractivity contribution in [3.8, 4) is 0 Å². The van der Waals surface area contributed by atoms with Crippen LogP contribution in [-0.4, -0.2) is 11.6 Å². The van der Waals surface area contributed by atoms with Gasteiger partial charge in [0.05, 0.1) is 10.6 Å². The predicted molar refractivity (Wildman–Crippen MR) is 79.8 cm³/mol. The molecular weight excluding hydrogens is 256 g/mol. The van der Waals surface area contributed by atoms with Crippen LogP contribution in [0.4, 0.5) is 0 Å². The van der Waals surface area contributed by atoms with Gasteiger partial charge in [0.1, 0.15) is 0 Å². The number of aryl methyl sites for hydroxylation is 1. The summed E-state index contributed by atoms with van der Waals surface area (Å²) in [6.45, 7) is 4.01. The Morgan fingerprint density at radius 3 is 2.58 bits per heavy atom. The molecule has 0 spiro atoms. The Bertz CT molecular complexity index is 571. The number of amides is 1. The van der Waals surface area contributed by atoms with Crippen molar-refractivity contribution in [3.63, 3.8) is 0 Å². The minimum Gasteiger partial charge on any atom is -0.266 e. The smallest absolute Gasteiger partial charge is 0.266 e. The van der Waals surface area contributed by atoms with Crippen LogP contribution in [0.1, 0.15) is 34.6 Å². The first kappa shape index (κ1) is 13.5. The maximum atomic E-state index is 11.7. The molecule has 1 amide bonds. The fraction of sp³-hybridized carbons (Fsp3) is 0.200. The van der Waals surface area contributed by atoms with E-state index in [-0.39, 0.29) is 5.91 Å². The normalized spacial score (nSPS) is 11.4. The second-order valence-corrected chi connectivity index (χ2v) is 5.11. The molecule has 0 unspecified atom stereocenters. The van der Waals surface area contributed by atoms with Gasteiger partial charge in [0.2, 0.25) is 0 Å². The lowest BCUT2D eigenvalue weighted by atomic mass is 10.1. The number of rotatable bonds is 4. The van der Waals surface area contributed by atoms with Crippen LogP contribution in [0.15, 0.2) is 46.9 Å². The average molecular weight is 272 g/mol. The second kappa shape index (κ2) is 6.29. The molecule has 0 fully saturated rings. The summed E-state index contributed by atoms with van der Waals surface area (Å²) < 4.78 is 0. The van der Waals surface area contributed by atoms with E-state index in [1.54, 1.807) is 6.07 Å². The minimum atomic E-state index is -0.167. The molecule has 0 saturated heterocycles. The van der Waals surface area contributed by atoms with E-state index >= 15 is 0 Å². The van der Waals surface area contributed by atoms with Crippen LogP contribution < -0.4 is 5.43 Å². The molecule has 1 aromatic heterocycles. The molecule has 3 nitrogen and oxygen atoms in total. The summed E-state index contributed by atoms with van der Waals surface area (Å²) >= 11 is 1.40. The molecule has 0 bridgehead atoms. The number of hydrazone groups is 1. The van der Waals surface area contributed by atoms with Crippen molar-refractivity contribution in [3.05, 3.63) is 57.8 Å². The van der Waals surface area contributed by atoms with E-state index < -0.39 is 0 Å². The molecule has 2 aromatic rings. The molecule has 4 heteroatoms. The maximum absolute atomic E-state index is 11.7. The number of nitrogens with one attached hydrogen (secondary N) is 1. The van der Waals surface area contributed by atoms with E-state index in [1.165, 1.54) is 16.9 Å². The van der Waals surface area contributed by atoms with Crippen LogP contribution in [-0.2, 0) is 6.42 Å². The van der Waals surface area contributed by atoms with Crippen LogP contribution in [0.25, 0.3) is 0 Å². The fourth-order valence-corrected chi connectivity index (χ4v) is 2.26. The van der Waals surface area contributed by atoms with Gasteiger partial charge in [-0.25, -0.2) is 5.43 Å². The van der Waals surface area contributed by atoms with Crippen LogP contribution in [0.3, 0.4) is 0 Å². The molecule has 1 heterocycles. The number of thiophene rings is 1. The van der Waals surface area contributed by atoms with Crippen molar-refractivity contribution in [2.75, 3.05) is 0 Å². The van der Waals surface area contributed by atoms with Gasteiger partial charge < -0.3 is 0 Å². The summed E-state index contributed by atoms with van der Waals surface area (Å²) in [6, 6.07) is 11.8. The Morgan fingerprint density at radius 2 is 2.00 bits per heavy atom. The lowest BCUT2D eigenvalue weighted by molar-refractivity contribution is 0.0959. The maximum Gasteiger partial charge on any atom is 0.281 e. The molecule has 1 aromatic carbocycles. The van der Waals surface area contributed by atoms with Gasteiger partial charge in [0.15, 0.2) is 0 Å². The van der Waals surface area contributed by atoms with Crippen molar-refractivity contribution < 1.29 is 4.79 Å². The van der Waals surface area contributed by atoms with Crippen molar-refractivity contribution in [2.24, 2.45) is 5.10 Å². The summed E-state index contributed by atoms with van der Waals surface area (Å²) in [4.78, 5) is 12.4. The zero-order valence-electron chi connectivity index (χ0n) is 11.0. The predicted octanol–water partition coefficient (Wildman–Crippen LogP) is 3.46. The summed E-state index contributed by atoms with van der Waals surface area (Å²) in [6.07, 6.45) is 1.02. The van der Waals surface area contributed by atoms with Crippen molar-refractivity contribution in [1.82, 2.24) is 5.43 Å². The summed E-state index contributed by atoms with van der Waals surface area (Å²) in [5.41, 5.74) is 5.68. The number of carbonyl (C=O) groups is 1. The van der Waals surface area contributed by atoms with Gasteiger partial charge in [-0.15, -0.1) is 11.3 Å². The fourth-order valence-electron chi connectivity index (χ4n) is 1.64. The van der Waals surface area contributed by atoms with Crippen LogP contribution in [0, 0.1) is 0 Å². The number of nitrogens with zero attached hydrogens (tertiary/aromatic N) is 1. The van der Waals surface area contributed by atoms with Gasteiger partial charge in [0.25, 0.3) is 5.91 Å². The Kier molecular flexibility index (Phi) is 4.47. The highest BCUT2D eigenvalue weighted by Gasteiger charge is 2.05. The Hall–Kier alpha value is -1.94. The minimum absolute atomic E-state index is 0.167. The van der Waals surface area contributed by atoms with Gasteiger partial charge in [-0.05, 0) is 35.9 Å². The quantitative estimate of drug-likeness (QED) is 0.672. The summed E-state index contributed by atoms with van der Waals surface area (Å²) in [7, 11) is 0. The third-order valence-corrected chi connectivity index (χ3v) is 3.72. The molecule has 0 aliphatic carbocycles. The SMILES string of the molecule is CCc1ccc(/C(C)=N\NC(=O)c2cccs2)cc1. The Morgan fingerprint density at radius 1 is 1.26 bits per heavy atom. The average Bonchev–Trinajstić information content (AvgIpc) is 2.98. The molecular formula is C15H16N2OS. The van der Waals surface area contributed by atoms with Gasteiger partial charge in [-0.2, -0.15) is 5.10 Å². The van der Waals surface area contributed by atoms with E-state index in [0.717, 1.165) is 17.7 Å². The van der Waals surface area contributed by atoms with Crippen LogP contribution >= 0.6 is 11.3 Å². The van der Waals surface area contributed by atoms with Gasteiger partial charge >= 0.3 is 0 Å². The molecule has 0 radical (unpaired) electrons. The van der Waals surface area contributed by atoms with Gasteiger partial charge in [-0.3, -0.25) is 4.79 Å². The van der Waals surface area contributed by atoms with Crippen LogP contribution in [0.2, 0.25) is 0 Å². The monoisotopic (exact) mass is 272 g/mol. The highest BCUT2D eigenvalue weighted by atomic mass is 32.1. The lowest BCUT2D eigenvalue weighted by Gasteiger charge is -2.03. The standard InChI is InChI=1S/C15H16N2OS/c1-3-12-6-8-13(9-7-12)11(2)16-17-15(18)14-5-4-10-19-14/h4-10H,3H2,1-2H3,(H,17,18)/b16-11-. The van der Waals surface area contributed by atoms with Crippen molar-refractivity contribution in [2.45, 2.75) is 20.3 Å². The first-order valence-electron chi connectivity index (χ1n) is 6.18. The molecule has 0 aliphatic rings. The highest BCUT2D eigenvalue weighted by molar-refractivity contribution is 7.12. The summed E-state index contributed by atoms with van der Waals surface area (Å²) in [5, 5.41) is 6.00. The van der Waals surface area contributed by atoms with Gasteiger partial charge in [0, 0.05) is 0 Å². The third kappa shape index (κ3) is 3.51.